The largest absolute Gasteiger partial charge is 0.481 e. The molecule has 0 radical (unpaired) electrons. The molecule has 0 aliphatic rings. The number of aromatic amines is 1. The van der Waals surface area contributed by atoms with Gasteiger partial charge in [-0.25, -0.2) is 9.36 Å². The Hall–Kier alpha value is -3.44. The first-order valence-electron chi connectivity index (χ1n) is 7.17. The third-order valence-electron chi connectivity index (χ3n) is 3.43. The van der Waals surface area contributed by atoms with E-state index in [4.69, 9.17) is 15.9 Å². The second-order valence-corrected chi connectivity index (χ2v) is 5.37. The maximum atomic E-state index is 12.1. The Morgan fingerprint density at radius 3 is 2.72 bits per heavy atom. The van der Waals surface area contributed by atoms with Crippen molar-refractivity contribution in [1.29, 1.82) is 0 Å². The summed E-state index contributed by atoms with van der Waals surface area (Å²) < 4.78 is 2.79. The number of nitrogens with two attached hydrogens (primary N) is 1. The number of imidazole rings is 1. The van der Waals surface area contributed by atoms with Crippen LogP contribution in [-0.4, -0.2) is 48.6 Å². The number of carboxylic acids is 2. The van der Waals surface area contributed by atoms with Crippen molar-refractivity contribution in [2.24, 2.45) is 7.05 Å². The molecule has 0 aliphatic carbocycles. The van der Waals surface area contributed by atoms with Crippen LogP contribution in [-0.2, 0) is 28.0 Å². The van der Waals surface area contributed by atoms with Gasteiger partial charge in [0, 0.05) is 6.42 Å². The average Bonchev–Trinajstić information content (AvgIpc) is 2.78. The Bertz CT molecular complexity index is 900. The number of carbonyl (C=O) groups is 3. The standard InChI is InChI=1S/C13H16N6O6/c1-18-5-19(10-9(18)11(23)17-13(14)16-10)4-7(20)15-6(12(24)25)2-3-8(21)22/h5-6H,2-4H2,1H3,(H5-,14,15,16,17,20,21,22,23,24,25)/p+1/t6-/m0/s1. The number of fused-ring (bicyclic) bond motifs is 1. The van der Waals surface area contributed by atoms with Crippen LogP contribution < -0.4 is 21.2 Å². The summed E-state index contributed by atoms with van der Waals surface area (Å²) in [6.45, 7) is -0.315. The number of anilines is 1. The average molecular weight is 353 g/mol. The fourth-order valence-corrected chi connectivity index (χ4v) is 2.35. The molecule has 2 rings (SSSR count). The van der Waals surface area contributed by atoms with Gasteiger partial charge in [-0.3, -0.25) is 23.9 Å². The van der Waals surface area contributed by atoms with Crippen LogP contribution in [0.25, 0.3) is 11.2 Å². The normalized spacial score (nSPS) is 12.0. The lowest BCUT2D eigenvalue weighted by Gasteiger charge is -2.12. The van der Waals surface area contributed by atoms with Gasteiger partial charge in [0.15, 0.2) is 12.9 Å². The molecule has 0 bridgehead atoms. The summed E-state index contributed by atoms with van der Waals surface area (Å²) in [5.41, 5.74) is 5.38. The number of carbonyl (C=O) groups excluding carboxylic acids is 1. The van der Waals surface area contributed by atoms with Crippen molar-refractivity contribution in [3.63, 3.8) is 0 Å². The van der Waals surface area contributed by atoms with Crippen molar-refractivity contribution in [3.8, 4) is 0 Å². The lowest BCUT2D eigenvalue weighted by atomic mass is 10.1. The van der Waals surface area contributed by atoms with Crippen LogP contribution in [0.3, 0.4) is 0 Å². The molecule has 6 N–H and O–H groups in total. The molecule has 12 nitrogen and oxygen atoms in total. The van der Waals surface area contributed by atoms with E-state index in [2.05, 4.69) is 15.3 Å². The van der Waals surface area contributed by atoms with Crippen molar-refractivity contribution in [3.05, 3.63) is 16.7 Å². The molecule has 2 heterocycles. The van der Waals surface area contributed by atoms with E-state index >= 15 is 0 Å². The summed E-state index contributed by atoms with van der Waals surface area (Å²) in [4.78, 5) is 52.0. The molecule has 0 spiro atoms. The van der Waals surface area contributed by atoms with Crippen LogP contribution in [0.2, 0.25) is 0 Å². The van der Waals surface area contributed by atoms with Crippen LogP contribution >= 0.6 is 0 Å². The Balaban J connectivity index is 2.20. The quantitative estimate of drug-likeness (QED) is 0.340. The Kier molecular flexibility index (Phi) is 5.00. The van der Waals surface area contributed by atoms with Gasteiger partial charge in [-0.15, -0.1) is 0 Å². The first kappa shape index (κ1) is 17.9. The second kappa shape index (κ2) is 6.98. The zero-order valence-electron chi connectivity index (χ0n) is 13.2. The number of carboxylic acid groups (broad SMARTS) is 2. The molecule has 1 atom stereocenters. The molecule has 25 heavy (non-hydrogen) atoms. The summed E-state index contributed by atoms with van der Waals surface area (Å²) in [5.74, 6) is -3.29. The number of hydrogen-bond donors (Lipinski definition) is 5. The van der Waals surface area contributed by atoms with Gasteiger partial charge in [0.1, 0.15) is 6.04 Å². The highest BCUT2D eigenvalue weighted by molar-refractivity contribution is 5.83. The topological polar surface area (TPSA) is 184 Å². The number of nitrogens with one attached hydrogen (secondary N) is 2. The van der Waals surface area contributed by atoms with E-state index in [1.54, 1.807) is 7.05 Å². The van der Waals surface area contributed by atoms with Crippen LogP contribution in [0.1, 0.15) is 12.8 Å². The molecular formula is C13H17N6O6+. The van der Waals surface area contributed by atoms with Gasteiger partial charge in [-0.05, 0) is 6.42 Å². The predicted molar refractivity (Wildman–Crippen MR) is 82.4 cm³/mol. The Labute approximate surface area is 139 Å². The summed E-state index contributed by atoms with van der Waals surface area (Å²) in [6, 6.07) is -1.33. The second-order valence-electron chi connectivity index (χ2n) is 5.37. The minimum absolute atomic E-state index is 0.122. The van der Waals surface area contributed by atoms with Gasteiger partial charge >= 0.3 is 17.6 Å². The van der Waals surface area contributed by atoms with Gasteiger partial charge in [-0.2, -0.15) is 0 Å². The highest BCUT2D eigenvalue weighted by atomic mass is 16.4. The molecule has 2 aromatic rings. The van der Waals surface area contributed by atoms with E-state index in [9.17, 15) is 19.2 Å². The third kappa shape index (κ3) is 4.10. The highest BCUT2D eigenvalue weighted by Gasteiger charge is 2.24. The van der Waals surface area contributed by atoms with E-state index in [1.165, 1.54) is 15.5 Å². The van der Waals surface area contributed by atoms with Gasteiger partial charge in [0.2, 0.25) is 5.52 Å². The van der Waals surface area contributed by atoms with E-state index in [-0.39, 0.29) is 30.1 Å². The molecule has 0 fully saturated rings. The number of amides is 1. The smallest absolute Gasteiger partial charge is 0.326 e. The van der Waals surface area contributed by atoms with Crippen molar-refractivity contribution in [2.75, 3.05) is 5.73 Å². The Morgan fingerprint density at radius 2 is 2.12 bits per heavy atom. The van der Waals surface area contributed by atoms with E-state index < -0.39 is 35.9 Å². The Morgan fingerprint density at radius 1 is 1.44 bits per heavy atom. The molecule has 134 valence electrons. The SMILES string of the molecule is Cn1c[n+](CC(=O)N[C@@H](CCC(=O)O)C(=O)O)c2nc(N)[nH]c(=O)c21. The van der Waals surface area contributed by atoms with Crippen LogP contribution in [0, 0.1) is 0 Å². The van der Waals surface area contributed by atoms with E-state index in [0.717, 1.165) is 0 Å². The number of nitrogens with zero attached hydrogens (tertiary/aromatic N) is 3. The number of aryl methyl sites for hydroxylation is 1. The molecule has 0 unspecified atom stereocenters. The number of rotatable bonds is 7. The van der Waals surface area contributed by atoms with Crippen LogP contribution in [0.5, 0.6) is 0 Å². The van der Waals surface area contributed by atoms with Gasteiger partial charge < -0.3 is 21.3 Å². The highest BCUT2D eigenvalue weighted by Crippen LogP contribution is 2.03. The first-order valence-corrected chi connectivity index (χ1v) is 7.17. The number of hydrogen-bond acceptors (Lipinski definition) is 6. The van der Waals surface area contributed by atoms with Gasteiger partial charge in [0.25, 0.3) is 17.4 Å². The van der Waals surface area contributed by atoms with Crippen molar-refractivity contribution < 1.29 is 29.2 Å². The first-order chi connectivity index (χ1) is 11.7. The molecule has 0 aromatic carbocycles. The third-order valence-corrected chi connectivity index (χ3v) is 3.43. The lowest BCUT2D eigenvalue weighted by molar-refractivity contribution is -0.661. The predicted octanol–water partition coefficient (Wildman–Crippen LogP) is -2.43. The molecule has 1 amide bonds. The van der Waals surface area contributed by atoms with Crippen LogP contribution in [0.4, 0.5) is 5.95 Å². The summed E-state index contributed by atoms with van der Waals surface area (Å²) in [7, 11) is 1.58. The van der Waals surface area contributed by atoms with E-state index in [0.29, 0.717) is 0 Å². The molecule has 0 aliphatic heterocycles. The maximum Gasteiger partial charge on any atom is 0.326 e. The number of H-pyrrole nitrogens is 1. The molecule has 12 heteroatoms. The van der Waals surface area contributed by atoms with Gasteiger partial charge in [0.05, 0.1) is 7.05 Å². The van der Waals surface area contributed by atoms with Crippen LogP contribution in [0.15, 0.2) is 11.1 Å². The monoisotopic (exact) mass is 353 g/mol. The minimum Gasteiger partial charge on any atom is -0.481 e. The van der Waals surface area contributed by atoms with E-state index in [1.807, 2.05) is 0 Å². The van der Waals surface area contributed by atoms with Crippen molar-refractivity contribution in [2.45, 2.75) is 25.4 Å². The zero-order chi connectivity index (χ0) is 18.7. The molecule has 2 aromatic heterocycles. The summed E-state index contributed by atoms with van der Waals surface area (Å²) in [6.07, 6.45) is 0.798. The lowest BCUT2D eigenvalue weighted by Crippen LogP contribution is -2.48. The van der Waals surface area contributed by atoms with Crippen molar-refractivity contribution in [1.82, 2.24) is 19.9 Å². The zero-order valence-corrected chi connectivity index (χ0v) is 13.2. The fraction of sp³-hybridized carbons (Fsp3) is 0.385. The molecular weight excluding hydrogens is 336 g/mol. The molecule has 0 saturated carbocycles. The fourth-order valence-electron chi connectivity index (χ4n) is 2.35. The van der Waals surface area contributed by atoms with Gasteiger partial charge in [-0.1, -0.05) is 4.98 Å². The maximum absolute atomic E-state index is 12.1. The summed E-state index contributed by atoms with van der Waals surface area (Å²) >= 11 is 0. The number of aliphatic carboxylic acids is 2. The number of aromatic nitrogens is 4. The van der Waals surface area contributed by atoms with Crippen molar-refractivity contribution >= 4 is 35.0 Å². The summed E-state index contributed by atoms with van der Waals surface area (Å²) in [5, 5.41) is 19.9. The molecule has 0 saturated heterocycles. The number of nitrogen functional groups attached to an aromatic ring is 1. The minimum atomic E-state index is -1.34.